The second kappa shape index (κ2) is 6.53. The molecule has 1 heterocycles. The number of ether oxygens (including phenoxy) is 1. The first-order valence-corrected chi connectivity index (χ1v) is 10.8. The quantitative estimate of drug-likeness (QED) is 0.451. The van der Waals surface area contributed by atoms with Crippen LogP contribution in [0.2, 0.25) is 5.02 Å². The average Bonchev–Trinajstić information content (AvgIpc) is 3.09. The number of anilines is 1. The third-order valence-electron chi connectivity index (χ3n) is 7.25. The Morgan fingerprint density at radius 2 is 1.56 bits per heavy atom. The van der Waals surface area contributed by atoms with Crippen LogP contribution >= 0.6 is 11.6 Å². The molecule has 158 valence electrons. The van der Waals surface area contributed by atoms with Crippen LogP contribution < -0.4 is 9.64 Å². The molecule has 0 aromatic heterocycles. The van der Waals surface area contributed by atoms with E-state index < -0.39 is 23.2 Å². The van der Waals surface area contributed by atoms with Crippen LogP contribution in [0, 0.1) is 11.8 Å². The van der Waals surface area contributed by atoms with Gasteiger partial charge in [0.05, 0.1) is 30.0 Å². The SMILES string of the molecule is COc1ccc(Cl)cc1N1C(=O)[C@@H]2C3c4ccccc4C(C=O)(c4ccccc43)[C@H]2C1=O. The molecule has 0 spiro atoms. The molecule has 3 aromatic rings. The van der Waals surface area contributed by atoms with E-state index in [1.54, 1.807) is 18.2 Å². The number of carbonyl (C=O) groups is 3. The average molecular weight is 444 g/mol. The van der Waals surface area contributed by atoms with E-state index in [0.29, 0.717) is 16.5 Å². The van der Waals surface area contributed by atoms with Gasteiger partial charge in [0.15, 0.2) is 0 Å². The van der Waals surface area contributed by atoms with Gasteiger partial charge in [0.2, 0.25) is 11.8 Å². The van der Waals surface area contributed by atoms with Gasteiger partial charge in [-0.3, -0.25) is 9.59 Å². The normalized spacial score (nSPS) is 27.1. The number of hydrogen-bond donors (Lipinski definition) is 0. The first-order chi connectivity index (χ1) is 15.5. The standard InChI is InChI=1S/C26H18ClNO4/c1-32-20-11-10-14(27)12-19(20)28-24(30)22-21-15-6-2-4-8-17(15)26(13-29,23(22)25(28)31)18-9-5-3-7-16(18)21/h2-13,21-23H,1H3/t21?,22-,23-,26?/m1/s1. The molecule has 6 heteroatoms. The van der Waals surface area contributed by atoms with Crippen molar-refractivity contribution in [3.8, 4) is 5.75 Å². The molecule has 0 saturated carbocycles. The second-order valence-corrected chi connectivity index (χ2v) is 8.91. The highest BCUT2D eigenvalue weighted by molar-refractivity contribution is 6.32. The molecule has 2 atom stereocenters. The van der Waals surface area contributed by atoms with Crippen molar-refractivity contribution in [2.75, 3.05) is 12.0 Å². The van der Waals surface area contributed by atoms with Crippen LogP contribution in [0.4, 0.5) is 5.69 Å². The summed E-state index contributed by atoms with van der Waals surface area (Å²) in [5.74, 6) is -2.17. The highest BCUT2D eigenvalue weighted by Gasteiger charge is 2.68. The lowest BCUT2D eigenvalue weighted by atomic mass is 9.48. The molecule has 3 aromatic carbocycles. The Labute approximate surface area is 189 Å². The minimum atomic E-state index is -1.22. The van der Waals surface area contributed by atoms with Crippen LogP contribution in [0.5, 0.6) is 5.75 Å². The molecule has 5 nitrogen and oxygen atoms in total. The molecule has 2 amide bonds. The Morgan fingerprint density at radius 1 is 0.938 bits per heavy atom. The van der Waals surface area contributed by atoms with Crippen LogP contribution in [-0.4, -0.2) is 25.2 Å². The summed E-state index contributed by atoms with van der Waals surface area (Å²) in [5.41, 5.74) is 2.56. The number of methoxy groups -OCH3 is 1. The topological polar surface area (TPSA) is 63.7 Å². The molecular weight excluding hydrogens is 426 g/mol. The van der Waals surface area contributed by atoms with Crippen LogP contribution in [0.1, 0.15) is 28.2 Å². The van der Waals surface area contributed by atoms with Crippen LogP contribution in [0.25, 0.3) is 0 Å². The van der Waals surface area contributed by atoms with Crippen LogP contribution in [-0.2, 0) is 19.8 Å². The number of nitrogens with zero attached hydrogens (tertiary/aromatic N) is 1. The lowest BCUT2D eigenvalue weighted by molar-refractivity contribution is -0.128. The zero-order valence-corrected chi connectivity index (χ0v) is 17.9. The molecule has 0 radical (unpaired) electrons. The summed E-state index contributed by atoms with van der Waals surface area (Å²) in [6.07, 6.45) is 0.863. The predicted octanol–water partition coefficient (Wildman–Crippen LogP) is 4.10. The summed E-state index contributed by atoms with van der Waals surface area (Å²) in [7, 11) is 1.48. The second-order valence-electron chi connectivity index (χ2n) is 8.47. The van der Waals surface area contributed by atoms with E-state index in [9.17, 15) is 14.4 Å². The third kappa shape index (κ3) is 2.12. The Morgan fingerprint density at radius 3 is 2.16 bits per heavy atom. The van der Waals surface area contributed by atoms with E-state index >= 15 is 0 Å². The first kappa shape index (κ1) is 19.3. The Hall–Kier alpha value is -3.44. The minimum Gasteiger partial charge on any atom is -0.495 e. The van der Waals surface area contributed by atoms with Crippen molar-refractivity contribution in [1.82, 2.24) is 0 Å². The van der Waals surface area contributed by atoms with Crippen molar-refractivity contribution in [3.05, 3.63) is 94.0 Å². The molecule has 1 saturated heterocycles. The fourth-order valence-corrected chi connectivity index (χ4v) is 6.27. The van der Waals surface area contributed by atoms with Crippen molar-refractivity contribution in [1.29, 1.82) is 0 Å². The smallest absolute Gasteiger partial charge is 0.239 e. The molecule has 0 unspecified atom stereocenters. The lowest BCUT2D eigenvalue weighted by Gasteiger charge is -2.51. The summed E-state index contributed by atoms with van der Waals surface area (Å²) in [4.78, 5) is 42.0. The van der Waals surface area contributed by atoms with Gasteiger partial charge in [-0.15, -0.1) is 0 Å². The number of imide groups is 1. The van der Waals surface area contributed by atoms with Crippen molar-refractivity contribution < 1.29 is 19.1 Å². The molecule has 0 N–H and O–H groups in total. The van der Waals surface area contributed by atoms with Crippen molar-refractivity contribution in [3.63, 3.8) is 0 Å². The van der Waals surface area contributed by atoms with Gasteiger partial charge in [0.1, 0.15) is 12.0 Å². The number of amides is 2. The maximum Gasteiger partial charge on any atom is 0.239 e. The molecule has 7 rings (SSSR count). The van der Waals surface area contributed by atoms with Gasteiger partial charge in [0.25, 0.3) is 0 Å². The number of carbonyl (C=O) groups excluding carboxylic acids is 3. The van der Waals surface area contributed by atoms with E-state index in [2.05, 4.69) is 0 Å². The summed E-state index contributed by atoms with van der Waals surface area (Å²) >= 11 is 6.21. The lowest BCUT2D eigenvalue weighted by Crippen LogP contribution is -2.54. The fourth-order valence-electron chi connectivity index (χ4n) is 6.11. The van der Waals surface area contributed by atoms with Gasteiger partial charge < -0.3 is 9.53 Å². The Kier molecular flexibility index (Phi) is 3.93. The summed E-state index contributed by atoms with van der Waals surface area (Å²) in [6.45, 7) is 0. The third-order valence-corrected chi connectivity index (χ3v) is 7.49. The number of benzene rings is 3. The number of halogens is 1. The first-order valence-electron chi connectivity index (χ1n) is 10.4. The number of rotatable bonds is 3. The van der Waals surface area contributed by atoms with E-state index in [1.807, 2.05) is 48.5 Å². The maximum atomic E-state index is 14.0. The summed E-state index contributed by atoms with van der Waals surface area (Å²) in [5, 5.41) is 0.385. The van der Waals surface area contributed by atoms with Gasteiger partial charge >= 0.3 is 0 Å². The maximum absolute atomic E-state index is 14.0. The van der Waals surface area contributed by atoms with Crippen molar-refractivity contribution >= 4 is 35.4 Å². The van der Waals surface area contributed by atoms with Gasteiger partial charge in [-0.2, -0.15) is 0 Å². The van der Waals surface area contributed by atoms with E-state index in [4.69, 9.17) is 16.3 Å². The van der Waals surface area contributed by atoms with Gasteiger partial charge in [-0.1, -0.05) is 60.1 Å². The van der Waals surface area contributed by atoms with Gasteiger partial charge in [-0.05, 0) is 40.5 Å². The zero-order valence-electron chi connectivity index (χ0n) is 17.1. The van der Waals surface area contributed by atoms with E-state index in [1.165, 1.54) is 12.0 Å². The van der Waals surface area contributed by atoms with Gasteiger partial charge in [-0.25, -0.2) is 4.90 Å². The minimum absolute atomic E-state index is 0.304. The summed E-state index contributed by atoms with van der Waals surface area (Å²) < 4.78 is 5.43. The fraction of sp³-hybridized carbons (Fsp3) is 0.192. The molecule has 4 aliphatic rings. The molecule has 2 bridgehead atoms. The van der Waals surface area contributed by atoms with Crippen LogP contribution in [0.15, 0.2) is 66.7 Å². The molecule has 3 aliphatic carbocycles. The Balaban J connectivity index is 1.64. The predicted molar refractivity (Wildman–Crippen MR) is 119 cm³/mol. The molecular formula is C26H18ClNO4. The van der Waals surface area contributed by atoms with Crippen molar-refractivity contribution in [2.24, 2.45) is 11.8 Å². The number of aldehydes is 1. The Bertz CT molecular complexity index is 1290. The molecule has 1 fully saturated rings. The largest absolute Gasteiger partial charge is 0.495 e. The highest BCUT2D eigenvalue weighted by atomic mass is 35.5. The van der Waals surface area contributed by atoms with Gasteiger partial charge in [0, 0.05) is 10.9 Å². The highest BCUT2D eigenvalue weighted by Crippen LogP contribution is 2.63. The van der Waals surface area contributed by atoms with E-state index in [0.717, 1.165) is 28.5 Å². The zero-order chi connectivity index (χ0) is 22.2. The summed E-state index contributed by atoms with van der Waals surface area (Å²) in [6, 6.07) is 20.1. The molecule has 32 heavy (non-hydrogen) atoms. The van der Waals surface area contributed by atoms with Crippen molar-refractivity contribution in [2.45, 2.75) is 11.3 Å². The van der Waals surface area contributed by atoms with Crippen LogP contribution in [0.3, 0.4) is 0 Å². The monoisotopic (exact) mass is 443 g/mol. The van der Waals surface area contributed by atoms with E-state index in [-0.39, 0.29) is 11.8 Å². The number of hydrogen-bond acceptors (Lipinski definition) is 4. The molecule has 1 aliphatic heterocycles.